The minimum absolute atomic E-state index is 0.739. The molecule has 0 atom stereocenters. The Morgan fingerprint density at radius 2 is 2.11 bits per heavy atom. The number of piperidine rings is 1. The summed E-state index contributed by atoms with van der Waals surface area (Å²) in [5.74, 6) is 0.775. The molecule has 0 aliphatic carbocycles. The van der Waals surface area contributed by atoms with Gasteiger partial charge in [0.1, 0.15) is 0 Å². The SMILES string of the molecule is CN1CCC(CN(C)c2cccc(C#N)c2)CC1. The number of nitrogens with zero attached hydrogens (tertiary/aromatic N) is 3. The monoisotopic (exact) mass is 243 g/mol. The van der Waals surface area contributed by atoms with Crippen molar-refractivity contribution < 1.29 is 0 Å². The van der Waals surface area contributed by atoms with E-state index in [9.17, 15) is 0 Å². The van der Waals surface area contributed by atoms with E-state index in [0.29, 0.717) is 0 Å². The Bertz CT molecular complexity index is 428. The van der Waals surface area contributed by atoms with E-state index < -0.39 is 0 Å². The number of likely N-dealkylation sites (tertiary alicyclic amines) is 1. The summed E-state index contributed by atoms with van der Waals surface area (Å²) in [4.78, 5) is 4.67. The van der Waals surface area contributed by atoms with Crippen LogP contribution in [0.3, 0.4) is 0 Å². The highest BCUT2D eigenvalue weighted by molar-refractivity contribution is 5.50. The fourth-order valence-electron chi connectivity index (χ4n) is 2.55. The van der Waals surface area contributed by atoms with Gasteiger partial charge < -0.3 is 9.80 Å². The summed E-state index contributed by atoms with van der Waals surface area (Å²) in [5.41, 5.74) is 1.88. The van der Waals surface area contributed by atoms with E-state index in [-0.39, 0.29) is 0 Å². The number of nitriles is 1. The van der Waals surface area contributed by atoms with Crippen LogP contribution in [-0.4, -0.2) is 38.6 Å². The van der Waals surface area contributed by atoms with Crippen molar-refractivity contribution in [3.63, 3.8) is 0 Å². The van der Waals surface area contributed by atoms with Crippen LogP contribution in [0.2, 0.25) is 0 Å². The Hall–Kier alpha value is -1.53. The van der Waals surface area contributed by atoms with Crippen molar-refractivity contribution in [1.82, 2.24) is 4.90 Å². The van der Waals surface area contributed by atoms with Crippen LogP contribution < -0.4 is 4.90 Å². The molecule has 3 heteroatoms. The molecule has 0 unspecified atom stereocenters. The summed E-state index contributed by atoms with van der Waals surface area (Å²) in [6, 6.07) is 10.1. The third-order valence-electron chi connectivity index (χ3n) is 3.79. The molecule has 1 fully saturated rings. The van der Waals surface area contributed by atoms with Gasteiger partial charge in [0.25, 0.3) is 0 Å². The Labute approximate surface area is 110 Å². The van der Waals surface area contributed by atoms with Crippen LogP contribution in [-0.2, 0) is 0 Å². The fraction of sp³-hybridized carbons (Fsp3) is 0.533. The average Bonchev–Trinajstić information content (AvgIpc) is 2.41. The molecule has 3 nitrogen and oxygen atoms in total. The normalized spacial score (nSPS) is 17.4. The molecule has 1 aliphatic rings. The summed E-state index contributed by atoms with van der Waals surface area (Å²) in [6.45, 7) is 3.50. The molecule has 0 N–H and O–H groups in total. The van der Waals surface area contributed by atoms with Gasteiger partial charge in [0.2, 0.25) is 0 Å². The first-order valence-electron chi connectivity index (χ1n) is 6.59. The molecular weight excluding hydrogens is 222 g/mol. The van der Waals surface area contributed by atoms with Crippen LogP contribution in [0, 0.1) is 17.2 Å². The van der Waals surface area contributed by atoms with Gasteiger partial charge in [-0.25, -0.2) is 0 Å². The Morgan fingerprint density at radius 3 is 2.78 bits per heavy atom. The third kappa shape index (κ3) is 3.24. The van der Waals surface area contributed by atoms with E-state index in [1.165, 1.54) is 25.9 Å². The number of benzene rings is 1. The molecule has 0 saturated carbocycles. The highest BCUT2D eigenvalue weighted by Gasteiger charge is 2.18. The predicted molar refractivity (Wildman–Crippen MR) is 74.6 cm³/mol. The maximum absolute atomic E-state index is 8.92. The maximum Gasteiger partial charge on any atom is 0.0992 e. The van der Waals surface area contributed by atoms with E-state index in [4.69, 9.17) is 5.26 Å². The minimum atomic E-state index is 0.739. The van der Waals surface area contributed by atoms with Crippen molar-refractivity contribution in [1.29, 1.82) is 5.26 Å². The van der Waals surface area contributed by atoms with Crippen molar-refractivity contribution >= 4 is 5.69 Å². The van der Waals surface area contributed by atoms with Crippen LogP contribution in [0.15, 0.2) is 24.3 Å². The second kappa shape index (κ2) is 5.88. The summed E-state index contributed by atoms with van der Waals surface area (Å²) >= 11 is 0. The zero-order chi connectivity index (χ0) is 13.0. The van der Waals surface area contributed by atoms with E-state index in [1.807, 2.05) is 18.2 Å². The fourth-order valence-corrected chi connectivity index (χ4v) is 2.55. The Kier molecular flexibility index (Phi) is 4.22. The molecule has 96 valence electrons. The Morgan fingerprint density at radius 1 is 1.39 bits per heavy atom. The van der Waals surface area contributed by atoms with Crippen LogP contribution in [0.25, 0.3) is 0 Å². The second-order valence-electron chi connectivity index (χ2n) is 5.29. The summed E-state index contributed by atoms with van der Waals surface area (Å²) < 4.78 is 0. The average molecular weight is 243 g/mol. The van der Waals surface area contributed by atoms with Gasteiger partial charge in [-0.05, 0) is 57.1 Å². The first kappa shape index (κ1) is 12.9. The smallest absolute Gasteiger partial charge is 0.0992 e. The molecule has 1 heterocycles. The number of hydrogen-bond acceptors (Lipinski definition) is 3. The quantitative estimate of drug-likeness (QED) is 0.816. The van der Waals surface area contributed by atoms with Gasteiger partial charge in [-0.15, -0.1) is 0 Å². The van der Waals surface area contributed by atoms with Crippen LogP contribution >= 0.6 is 0 Å². The zero-order valence-corrected chi connectivity index (χ0v) is 11.3. The molecule has 0 radical (unpaired) electrons. The summed E-state index contributed by atoms with van der Waals surface area (Å²) in [6.07, 6.45) is 2.55. The van der Waals surface area contributed by atoms with Crippen molar-refractivity contribution in [3.05, 3.63) is 29.8 Å². The summed E-state index contributed by atoms with van der Waals surface area (Å²) in [7, 11) is 4.31. The molecule has 1 aromatic rings. The van der Waals surface area contributed by atoms with E-state index >= 15 is 0 Å². The van der Waals surface area contributed by atoms with Gasteiger partial charge in [0.15, 0.2) is 0 Å². The van der Waals surface area contributed by atoms with Gasteiger partial charge in [-0.3, -0.25) is 0 Å². The van der Waals surface area contributed by atoms with Crippen LogP contribution in [0.1, 0.15) is 18.4 Å². The van der Waals surface area contributed by atoms with Crippen molar-refractivity contribution in [2.24, 2.45) is 5.92 Å². The maximum atomic E-state index is 8.92. The van der Waals surface area contributed by atoms with E-state index in [1.54, 1.807) is 0 Å². The van der Waals surface area contributed by atoms with Crippen molar-refractivity contribution in [2.75, 3.05) is 38.6 Å². The lowest BCUT2D eigenvalue weighted by Gasteiger charge is -2.32. The van der Waals surface area contributed by atoms with Crippen molar-refractivity contribution in [3.8, 4) is 6.07 Å². The third-order valence-corrected chi connectivity index (χ3v) is 3.79. The molecule has 0 spiro atoms. The molecule has 0 amide bonds. The minimum Gasteiger partial charge on any atom is -0.374 e. The first-order valence-corrected chi connectivity index (χ1v) is 6.59. The molecule has 1 aromatic carbocycles. The lowest BCUT2D eigenvalue weighted by molar-refractivity contribution is 0.222. The molecular formula is C15H21N3. The van der Waals surface area contributed by atoms with Crippen LogP contribution in [0.4, 0.5) is 5.69 Å². The molecule has 18 heavy (non-hydrogen) atoms. The number of anilines is 1. The molecule has 0 bridgehead atoms. The summed E-state index contributed by atoms with van der Waals surface area (Å²) in [5, 5.41) is 8.92. The standard InChI is InChI=1S/C15H21N3/c1-17-8-6-13(7-9-17)12-18(2)15-5-3-4-14(10-15)11-16/h3-5,10,13H,6-9,12H2,1-2H3. The molecule has 1 aliphatic heterocycles. The lowest BCUT2D eigenvalue weighted by atomic mass is 9.96. The number of hydrogen-bond donors (Lipinski definition) is 0. The van der Waals surface area contributed by atoms with Gasteiger partial charge in [0, 0.05) is 19.3 Å². The van der Waals surface area contributed by atoms with E-state index in [0.717, 1.165) is 23.7 Å². The molecule has 2 rings (SSSR count). The largest absolute Gasteiger partial charge is 0.374 e. The van der Waals surface area contributed by atoms with Crippen LogP contribution in [0.5, 0.6) is 0 Å². The Balaban J connectivity index is 1.95. The highest BCUT2D eigenvalue weighted by Crippen LogP contribution is 2.21. The zero-order valence-electron chi connectivity index (χ0n) is 11.3. The van der Waals surface area contributed by atoms with Gasteiger partial charge in [0.05, 0.1) is 11.6 Å². The lowest BCUT2D eigenvalue weighted by Crippen LogP contribution is -2.35. The molecule has 1 saturated heterocycles. The van der Waals surface area contributed by atoms with E-state index in [2.05, 4.69) is 36.0 Å². The molecule has 0 aromatic heterocycles. The number of rotatable bonds is 3. The second-order valence-corrected chi connectivity index (χ2v) is 5.29. The van der Waals surface area contributed by atoms with Gasteiger partial charge in [-0.1, -0.05) is 6.07 Å². The van der Waals surface area contributed by atoms with Crippen molar-refractivity contribution in [2.45, 2.75) is 12.8 Å². The van der Waals surface area contributed by atoms with Gasteiger partial charge in [-0.2, -0.15) is 5.26 Å². The topological polar surface area (TPSA) is 30.3 Å². The van der Waals surface area contributed by atoms with Gasteiger partial charge >= 0.3 is 0 Å². The highest BCUT2D eigenvalue weighted by atomic mass is 15.1. The predicted octanol–water partition coefficient (Wildman–Crippen LogP) is 2.34. The first-order chi connectivity index (χ1) is 8.69.